The maximum Gasteiger partial charge on any atom is 0.338 e. The zero-order valence-corrected chi connectivity index (χ0v) is 14.7. The van der Waals surface area contributed by atoms with E-state index in [1.807, 2.05) is 0 Å². The molecule has 0 spiro atoms. The first-order valence-corrected chi connectivity index (χ1v) is 7.87. The molecule has 0 bridgehead atoms. The molecule has 0 aliphatic heterocycles. The summed E-state index contributed by atoms with van der Waals surface area (Å²) in [7, 11) is 3.48. The van der Waals surface area contributed by atoms with Gasteiger partial charge < -0.3 is 15.0 Å². The van der Waals surface area contributed by atoms with Crippen LogP contribution in [0.15, 0.2) is 42.5 Å². The smallest absolute Gasteiger partial charge is 0.338 e. The molecule has 1 amide bonds. The molecule has 136 valence electrons. The maximum absolute atomic E-state index is 12.6. The molecule has 0 aliphatic carbocycles. The number of carbonyl (C=O) groups excluding carboxylic acids is 2. The van der Waals surface area contributed by atoms with Gasteiger partial charge in [0.15, 0.2) is 0 Å². The fourth-order valence-electron chi connectivity index (χ4n) is 2.31. The van der Waals surface area contributed by atoms with Crippen molar-refractivity contribution in [2.24, 2.45) is 0 Å². The van der Waals surface area contributed by atoms with Crippen LogP contribution in [0.5, 0.6) is 0 Å². The Bertz CT molecular complexity index is 831. The summed E-state index contributed by atoms with van der Waals surface area (Å²) in [4.78, 5) is 36.4. The summed E-state index contributed by atoms with van der Waals surface area (Å²) < 4.78 is 4.90. The first kappa shape index (κ1) is 18.9. The van der Waals surface area contributed by atoms with Crippen LogP contribution in [-0.2, 0) is 4.74 Å². The van der Waals surface area contributed by atoms with Gasteiger partial charge in [0, 0.05) is 37.6 Å². The van der Waals surface area contributed by atoms with Crippen LogP contribution < -0.4 is 10.2 Å². The molecule has 8 nitrogen and oxygen atoms in total. The minimum absolute atomic E-state index is 0.168. The number of nitro benzene ring substituents is 1. The largest absolute Gasteiger partial charge is 0.462 e. The third-order valence-corrected chi connectivity index (χ3v) is 3.57. The van der Waals surface area contributed by atoms with Crippen molar-refractivity contribution in [2.75, 3.05) is 30.9 Å². The standard InChI is InChI=1S/C18H19N3O5/c1-4-26-18(23)12-5-7-13(8-6-12)19-17(22)15-11-14(21(24)25)9-10-16(15)20(2)3/h5-11H,4H2,1-3H3,(H,19,22). The zero-order chi connectivity index (χ0) is 19.3. The third-order valence-electron chi connectivity index (χ3n) is 3.57. The van der Waals surface area contributed by atoms with Gasteiger partial charge in [-0.15, -0.1) is 0 Å². The molecule has 1 N–H and O–H groups in total. The van der Waals surface area contributed by atoms with Gasteiger partial charge >= 0.3 is 5.97 Å². The summed E-state index contributed by atoms with van der Waals surface area (Å²) in [5.74, 6) is -0.930. The topological polar surface area (TPSA) is 102 Å². The van der Waals surface area contributed by atoms with E-state index < -0.39 is 16.8 Å². The Balaban J connectivity index is 2.25. The van der Waals surface area contributed by atoms with E-state index in [0.29, 0.717) is 16.9 Å². The molecule has 0 unspecified atom stereocenters. The molecule has 0 fully saturated rings. The SMILES string of the molecule is CCOC(=O)c1ccc(NC(=O)c2cc([N+](=O)[O-])ccc2N(C)C)cc1. The number of ether oxygens (including phenoxy) is 1. The number of anilines is 2. The maximum atomic E-state index is 12.6. The number of non-ortho nitro benzene ring substituents is 1. The molecule has 0 atom stereocenters. The Hall–Kier alpha value is -3.42. The van der Waals surface area contributed by atoms with Crippen LogP contribution in [0.25, 0.3) is 0 Å². The molecule has 2 aromatic rings. The fourth-order valence-corrected chi connectivity index (χ4v) is 2.31. The first-order chi connectivity index (χ1) is 12.3. The van der Waals surface area contributed by atoms with E-state index >= 15 is 0 Å². The lowest BCUT2D eigenvalue weighted by molar-refractivity contribution is -0.384. The second kappa shape index (κ2) is 8.11. The summed E-state index contributed by atoms with van der Waals surface area (Å²) in [6.07, 6.45) is 0. The molecular weight excluding hydrogens is 338 g/mol. The second-order valence-corrected chi connectivity index (χ2v) is 5.60. The van der Waals surface area contributed by atoms with Crippen LogP contribution >= 0.6 is 0 Å². The Morgan fingerprint density at radius 3 is 2.35 bits per heavy atom. The molecule has 26 heavy (non-hydrogen) atoms. The number of hydrogen-bond donors (Lipinski definition) is 1. The van der Waals surface area contributed by atoms with E-state index in [1.54, 1.807) is 38.1 Å². The number of nitrogens with zero attached hydrogens (tertiary/aromatic N) is 2. The lowest BCUT2D eigenvalue weighted by atomic mass is 10.1. The predicted molar refractivity (Wildman–Crippen MR) is 97.8 cm³/mol. The fraction of sp³-hybridized carbons (Fsp3) is 0.222. The van der Waals surface area contributed by atoms with Gasteiger partial charge in [0.2, 0.25) is 0 Å². The molecule has 0 aromatic heterocycles. The van der Waals surface area contributed by atoms with Gasteiger partial charge in [-0.3, -0.25) is 14.9 Å². The van der Waals surface area contributed by atoms with Crippen molar-refractivity contribution in [1.82, 2.24) is 0 Å². The van der Waals surface area contributed by atoms with Crippen LogP contribution in [0.2, 0.25) is 0 Å². The van der Waals surface area contributed by atoms with Gasteiger partial charge in [0.05, 0.1) is 22.7 Å². The molecule has 0 saturated heterocycles. The molecule has 2 aromatic carbocycles. The van der Waals surface area contributed by atoms with E-state index in [2.05, 4.69) is 5.32 Å². The Morgan fingerprint density at radius 2 is 1.81 bits per heavy atom. The summed E-state index contributed by atoms with van der Waals surface area (Å²) in [6.45, 7) is 1.99. The van der Waals surface area contributed by atoms with Gasteiger partial charge in [-0.25, -0.2) is 4.79 Å². The van der Waals surface area contributed by atoms with Crippen molar-refractivity contribution in [3.05, 3.63) is 63.7 Å². The van der Waals surface area contributed by atoms with Crippen LogP contribution in [0, 0.1) is 10.1 Å². The molecule has 2 rings (SSSR count). The Morgan fingerprint density at radius 1 is 1.15 bits per heavy atom. The molecular formula is C18H19N3O5. The molecule has 0 saturated carbocycles. The van der Waals surface area contributed by atoms with Crippen LogP contribution in [0.1, 0.15) is 27.6 Å². The average Bonchev–Trinajstić information content (AvgIpc) is 2.61. The van der Waals surface area contributed by atoms with Gasteiger partial charge in [-0.05, 0) is 37.3 Å². The van der Waals surface area contributed by atoms with Gasteiger partial charge in [-0.1, -0.05) is 0 Å². The number of rotatable bonds is 6. The van der Waals surface area contributed by atoms with Crippen LogP contribution in [0.3, 0.4) is 0 Å². The van der Waals surface area contributed by atoms with Gasteiger partial charge in [-0.2, -0.15) is 0 Å². The highest BCUT2D eigenvalue weighted by Crippen LogP contribution is 2.25. The van der Waals surface area contributed by atoms with E-state index in [1.165, 1.54) is 30.3 Å². The highest BCUT2D eigenvalue weighted by Gasteiger charge is 2.18. The average molecular weight is 357 g/mol. The van der Waals surface area contributed by atoms with Crippen molar-refractivity contribution in [3.63, 3.8) is 0 Å². The number of nitrogens with one attached hydrogen (secondary N) is 1. The molecule has 0 aliphatic rings. The minimum Gasteiger partial charge on any atom is -0.462 e. The highest BCUT2D eigenvalue weighted by atomic mass is 16.6. The number of nitro groups is 1. The lowest BCUT2D eigenvalue weighted by Crippen LogP contribution is -2.19. The summed E-state index contributed by atoms with van der Waals surface area (Å²) >= 11 is 0. The molecule has 8 heteroatoms. The van der Waals surface area contributed by atoms with Gasteiger partial charge in [0.1, 0.15) is 0 Å². The van der Waals surface area contributed by atoms with Gasteiger partial charge in [0.25, 0.3) is 11.6 Å². The normalized spacial score (nSPS) is 10.1. The zero-order valence-electron chi connectivity index (χ0n) is 14.7. The predicted octanol–water partition coefficient (Wildman–Crippen LogP) is 3.09. The first-order valence-electron chi connectivity index (χ1n) is 7.87. The number of amides is 1. The van der Waals surface area contributed by atoms with Crippen molar-refractivity contribution in [3.8, 4) is 0 Å². The van der Waals surface area contributed by atoms with Crippen LogP contribution in [-0.4, -0.2) is 37.5 Å². The monoisotopic (exact) mass is 357 g/mol. The van der Waals surface area contributed by atoms with E-state index in [9.17, 15) is 19.7 Å². The van der Waals surface area contributed by atoms with Crippen molar-refractivity contribution in [1.29, 1.82) is 0 Å². The summed E-state index contributed by atoms with van der Waals surface area (Å²) in [6, 6.07) is 10.3. The second-order valence-electron chi connectivity index (χ2n) is 5.60. The van der Waals surface area contributed by atoms with E-state index in [-0.39, 0.29) is 17.9 Å². The number of carbonyl (C=O) groups is 2. The minimum atomic E-state index is -0.551. The quantitative estimate of drug-likeness (QED) is 0.484. The number of hydrogen-bond acceptors (Lipinski definition) is 6. The highest BCUT2D eigenvalue weighted by molar-refractivity contribution is 6.08. The van der Waals surface area contributed by atoms with E-state index in [0.717, 1.165) is 0 Å². The number of benzene rings is 2. The summed E-state index contributed by atoms with van der Waals surface area (Å²) in [5.41, 5.74) is 1.39. The Kier molecular flexibility index (Phi) is 5.90. The summed E-state index contributed by atoms with van der Waals surface area (Å²) in [5, 5.41) is 13.7. The Labute approximate surface area is 150 Å². The third kappa shape index (κ3) is 4.35. The number of esters is 1. The van der Waals surface area contributed by atoms with Crippen LogP contribution in [0.4, 0.5) is 17.1 Å². The lowest BCUT2D eigenvalue weighted by Gasteiger charge is -2.17. The van der Waals surface area contributed by atoms with E-state index in [4.69, 9.17) is 4.74 Å². The van der Waals surface area contributed by atoms with Crippen molar-refractivity contribution < 1.29 is 19.2 Å². The van der Waals surface area contributed by atoms with Crippen molar-refractivity contribution in [2.45, 2.75) is 6.92 Å². The molecule has 0 heterocycles. The van der Waals surface area contributed by atoms with Crippen molar-refractivity contribution >= 4 is 28.9 Å². The molecule has 0 radical (unpaired) electrons.